The summed E-state index contributed by atoms with van der Waals surface area (Å²) in [5.41, 5.74) is 10.9. The van der Waals surface area contributed by atoms with Crippen molar-refractivity contribution >= 4 is 30.2 Å². The van der Waals surface area contributed by atoms with Crippen LogP contribution in [0.2, 0.25) is 0 Å². The van der Waals surface area contributed by atoms with Crippen LogP contribution in [0.1, 0.15) is 18.4 Å². The van der Waals surface area contributed by atoms with Crippen LogP contribution >= 0.6 is 0 Å². The van der Waals surface area contributed by atoms with E-state index in [1.807, 2.05) is 67.3 Å². The van der Waals surface area contributed by atoms with Gasteiger partial charge in [0.05, 0.1) is 18.1 Å². The third-order valence-corrected chi connectivity index (χ3v) is 6.04. The molecule has 0 bridgehead atoms. The Labute approximate surface area is 175 Å². The molecule has 1 aliphatic carbocycles. The number of quaternary nitrogens is 1. The quantitative estimate of drug-likeness (QED) is 0.449. The molecule has 0 spiro atoms. The topological polar surface area (TPSA) is 77.0 Å². The average Bonchev–Trinajstić information content (AvgIpc) is 3.14. The number of nitrogens with two attached hydrogens (primary N) is 1. The molecule has 1 fully saturated rings. The van der Waals surface area contributed by atoms with Crippen LogP contribution in [0.4, 0.5) is 11.4 Å². The Morgan fingerprint density at radius 2 is 2.00 bits per heavy atom. The number of carbonyl (C=O) groups excluding carboxylic acids is 1. The minimum atomic E-state index is 0.145. The Morgan fingerprint density at radius 3 is 2.80 bits per heavy atom. The van der Waals surface area contributed by atoms with E-state index in [2.05, 4.69) is 4.99 Å². The molecule has 2 aromatic rings. The van der Waals surface area contributed by atoms with Gasteiger partial charge in [-0.1, -0.05) is 30.3 Å². The second kappa shape index (κ2) is 7.39. The molecule has 1 atom stereocenters. The van der Waals surface area contributed by atoms with Crippen molar-refractivity contribution in [2.45, 2.75) is 19.4 Å². The molecule has 2 heterocycles. The fourth-order valence-electron chi connectivity index (χ4n) is 4.23. The highest BCUT2D eigenvalue weighted by Gasteiger charge is 2.45. The molecule has 3 aliphatic rings. The zero-order chi connectivity index (χ0) is 20.6. The van der Waals surface area contributed by atoms with Gasteiger partial charge in [-0.15, -0.1) is 0 Å². The molecular weight excluding hydrogens is 376 g/mol. The van der Waals surface area contributed by atoms with E-state index in [0.717, 1.165) is 41.8 Å². The van der Waals surface area contributed by atoms with Crippen molar-refractivity contribution < 1.29 is 9.53 Å². The number of rotatable bonds is 6. The Balaban J connectivity index is 1.46. The first kappa shape index (κ1) is 18.5. The van der Waals surface area contributed by atoms with Gasteiger partial charge < -0.3 is 15.3 Å². The first-order valence-electron chi connectivity index (χ1n) is 10.1. The first-order chi connectivity index (χ1) is 14.7. The molecule has 0 amide bonds. The van der Waals surface area contributed by atoms with Gasteiger partial charge in [-0.05, 0) is 24.5 Å². The van der Waals surface area contributed by atoms with E-state index in [0.29, 0.717) is 28.4 Å². The number of allylic oxidation sites excluding steroid dienone is 2. The van der Waals surface area contributed by atoms with Gasteiger partial charge in [0.1, 0.15) is 30.5 Å². The smallest absolute Gasteiger partial charge is 0.205 e. The Bertz CT molecular complexity index is 1100. The van der Waals surface area contributed by atoms with Gasteiger partial charge in [0.2, 0.25) is 6.34 Å². The van der Waals surface area contributed by atoms with E-state index in [9.17, 15) is 4.79 Å². The van der Waals surface area contributed by atoms with Crippen molar-refractivity contribution in [3.05, 3.63) is 77.9 Å². The van der Waals surface area contributed by atoms with Crippen LogP contribution < -0.4 is 15.0 Å². The molecule has 150 valence electrons. The number of anilines is 1. The summed E-state index contributed by atoms with van der Waals surface area (Å²) < 4.78 is 6.39. The number of aldehydes is 1. The number of benzene rings is 2. The number of hydrogen-bond donors (Lipinski definition) is 1. The van der Waals surface area contributed by atoms with Crippen molar-refractivity contribution in [3.8, 4) is 5.75 Å². The SMILES string of the molecule is Nc1ccc([N+]23C=CN=CC2=C(C2CC(C=O)C2)N=C3)cc1OCc1ccccc1. The molecule has 2 N–H and O–H groups in total. The highest BCUT2D eigenvalue weighted by molar-refractivity contribution is 5.98. The van der Waals surface area contributed by atoms with Crippen LogP contribution in [0.25, 0.3) is 0 Å². The predicted molar refractivity (Wildman–Crippen MR) is 119 cm³/mol. The number of hydrogen-bond acceptors (Lipinski definition) is 5. The molecule has 2 aromatic carbocycles. The second-order valence-corrected chi connectivity index (χ2v) is 7.93. The van der Waals surface area contributed by atoms with E-state index in [1.165, 1.54) is 0 Å². The number of nitrogens with zero attached hydrogens (tertiary/aromatic N) is 3. The summed E-state index contributed by atoms with van der Waals surface area (Å²) in [6, 6.07) is 15.9. The van der Waals surface area contributed by atoms with E-state index >= 15 is 0 Å². The van der Waals surface area contributed by atoms with Gasteiger partial charge in [-0.2, -0.15) is 4.48 Å². The van der Waals surface area contributed by atoms with Gasteiger partial charge in [0, 0.05) is 24.0 Å². The lowest BCUT2D eigenvalue weighted by atomic mass is 9.73. The summed E-state index contributed by atoms with van der Waals surface area (Å²) in [4.78, 5) is 20.1. The molecule has 6 heteroatoms. The van der Waals surface area contributed by atoms with Gasteiger partial charge >= 0.3 is 0 Å². The van der Waals surface area contributed by atoms with Crippen molar-refractivity contribution in [3.63, 3.8) is 0 Å². The number of nitrogen functional groups attached to an aromatic ring is 1. The zero-order valence-corrected chi connectivity index (χ0v) is 16.5. The normalized spacial score (nSPS) is 26.4. The Morgan fingerprint density at radius 1 is 1.17 bits per heavy atom. The number of ether oxygens (including phenoxy) is 1. The molecule has 30 heavy (non-hydrogen) atoms. The third kappa shape index (κ3) is 3.06. The Hall–Kier alpha value is -3.51. The molecule has 6 nitrogen and oxygen atoms in total. The maximum atomic E-state index is 11.0. The van der Waals surface area contributed by atoms with Crippen LogP contribution in [0.15, 0.2) is 82.3 Å². The monoisotopic (exact) mass is 399 g/mol. The summed E-state index contributed by atoms with van der Waals surface area (Å²) in [5.74, 6) is 1.09. The van der Waals surface area contributed by atoms with E-state index < -0.39 is 0 Å². The summed E-state index contributed by atoms with van der Waals surface area (Å²) in [5, 5.41) is 0. The van der Waals surface area contributed by atoms with Crippen molar-refractivity contribution in [1.29, 1.82) is 0 Å². The van der Waals surface area contributed by atoms with Crippen LogP contribution in [0, 0.1) is 11.8 Å². The second-order valence-electron chi connectivity index (χ2n) is 7.93. The molecule has 5 rings (SSSR count). The first-order valence-corrected chi connectivity index (χ1v) is 10.1. The van der Waals surface area contributed by atoms with E-state index in [4.69, 9.17) is 15.5 Å². The molecule has 0 radical (unpaired) electrons. The molecular formula is C24H23N4O2+. The number of fused-ring (bicyclic) bond motifs is 1. The maximum Gasteiger partial charge on any atom is 0.205 e. The van der Waals surface area contributed by atoms with Crippen LogP contribution in [-0.2, 0) is 11.4 Å². The van der Waals surface area contributed by atoms with Gasteiger partial charge in [-0.3, -0.25) is 4.99 Å². The van der Waals surface area contributed by atoms with Crippen molar-refractivity contribution in [2.75, 3.05) is 5.73 Å². The fourth-order valence-corrected chi connectivity index (χ4v) is 4.23. The minimum Gasteiger partial charge on any atom is -0.487 e. The molecule has 0 aromatic heterocycles. The molecule has 0 saturated heterocycles. The lowest BCUT2D eigenvalue weighted by Crippen LogP contribution is -2.41. The van der Waals surface area contributed by atoms with Gasteiger partial charge in [0.25, 0.3) is 0 Å². The summed E-state index contributed by atoms with van der Waals surface area (Å²) in [7, 11) is 0. The van der Waals surface area contributed by atoms with Gasteiger partial charge in [0.15, 0.2) is 11.4 Å². The van der Waals surface area contributed by atoms with Gasteiger partial charge in [-0.25, -0.2) is 4.99 Å². The average molecular weight is 399 g/mol. The van der Waals surface area contributed by atoms with Crippen LogP contribution in [0.5, 0.6) is 5.75 Å². The zero-order valence-electron chi connectivity index (χ0n) is 16.5. The van der Waals surface area contributed by atoms with E-state index in [-0.39, 0.29) is 5.92 Å². The summed E-state index contributed by atoms with van der Waals surface area (Å²) in [6.07, 6.45) is 10.3. The number of aliphatic imine (C=N–C) groups is 2. The number of carbonyl (C=O) groups is 1. The third-order valence-electron chi connectivity index (χ3n) is 6.04. The Kier molecular flexibility index (Phi) is 4.56. The van der Waals surface area contributed by atoms with Crippen molar-refractivity contribution in [2.24, 2.45) is 21.8 Å². The molecule has 1 unspecified atom stereocenters. The largest absolute Gasteiger partial charge is 0.487 e. The predicted octanol–water partition coefficient (Wildman–Crippen LogP) is 4.19. The maximum absolute atomic E-state index is 11.0. The molecule has 2 aliphatic heterocycles. The van der Waals surface area contributed by atoms with Crippen LogP contribution in [0.3, 0.4) is 0 Å². The molecule has 1 saturated carbocycles. The minimum absolute atomic E-state index is 0.145. The van der Waals surface area contributed by atoms with Crippen molar-refractivity contribution in [1.82, 2.24) is 4.48 Å². The highest BCUT2D eigenvalue weighted by Crippen LogP contribution is 2.45. The summed E-state index contributed by atoms with van der Waals surface area (Å²) in [6.45, 7) is 0.447. The van der Waals surface area contributed by atoms with Crippen LogP contribution in [-0.4, -0.2) is 18.8 Å². The summed E-state index contributed by atoms with van der Waals surface area (Å²) >= 11 is 0. The fraction of sp³-hybridized carbons (Fsp3) is 0.208. The standard InChI is InChI=1S/C24H23N4O2/c25-21-7-6-20(12-23(21)30-15-17-4-2-1-3-5-17)28-9-8-26-13-22(28)24(27-16-28)19-10-18(11-19)14-29/h1-9,12-14,16,18-19H,10-11,15,25H2/q+1. The lowest BCUT2D eigenvalue weighted by Gasteiger charge is -2.33. The van der Waals surface area contributed by atoms with E-state index in [1.54, 1.807) is 6.20 Å². The lowest BCUT2D eigenvalue weighted by molar-refractivity contribution is -0.114. The highest BCUT2D eigenvalue weighted by atomic mass is 16.5.